The van der Waals surface area contributed by atoms with Crippen molar-refractivity contribution in [3.05, 3.63) is 29.3 Å². The Balaban J connectivity index is 1.56. The Morgan fingerprint density at radius 2 is 1.36 bits per heavy atom. The van der Waals surface area contributed by atoms with Crippen LogP contribution in [-0.4, -0.2) is 5.51 Å². The summed E-state index contributed by atoms with van der Waals surface area (Å²) in [4.78, 5) is -0.950. The second-order valence-corrected chi connectivity index (χ2v) is 9.62. The van der Waals surface area contributed by atoms with Crippen molar-refractivity contribution in [2.24, 2.45) is 17.8 Å². The fourth-order valence-corrected chi connectivity index (χ4v) is 5.85. The van der Waals surface area contributed by atoms with Crippen molar-refractivity contribution in [3.63, 3.8) is 0 Å². The molecule has 0 amide bonds. The highest BCUT2D eigenvalue weighted by Gasteiger charge is 2.34. The average molecular weight is 421 g/mol. The highest BCUT2D eigenvalue weighted by atomic mass is 32.2. The van der Waals surface area contributed by atoms with E-state index < -0.39 is 33.8 Å². The lowest BCUT2D eigenvalue weighted by Crippen LogP contribution is -2.25. The Morgan fingerprint density at radius 1 is 0.857 bits per heavy atom. The predicted molar refractivity (Wildman–Crippen MR) is 103 cm³/mol. The van der Waals surface area contributed by atoms with Gasteiger partial charge >= 0.3 is 5.51 Å². The molecule has 0 radical (unpaired) electrons. The Kier molecular flexibility index (Phi) is 7.32. The van der Waals surface area contributed by atoms with Gasteiger partial charge < -0.3 is 0 Å². The van der Waals surface area contributed by atoms with E-state index in [1.54, 1.807) is 0 Å². The van der Waals surface area contributed by atoms with Gasteiger partial charge in [0.25, 0.3) is 0 Å². The molecule has 2 fully saturated rings. The summed E-state index contributed by atoms with van der Waals surface area (Å²) in [7, 11) is 0. The number of hydrogen-bond donors (Lipinski definition) is 0. The molecule has 0 aromatic heterocycles. The minimum absolute atomic E-state index is 0.0432. The Morgan fingerprint density at radius 3 is 1.82 bits per heavy atom. The first-order valence-corrected chi connectivity index (χ1v) is 11.3. The molecule has 0 spiro atoms. The van der Waals surface area contributed by atoms with Gasteiger partial charge in [-0.15, -0.1) is 0 Å². The van der Waals surface area contributed by atoms with Gasteiger partial charge in [-0.2, -0.15) is 13.2 Å². The van der Waals surface area contributed by atoms with Gasteiger partial charge in [0, 0.05) is 0 Å². The van der Waals surface area contributed by atoms with Gasteiger partial charge in [-0.3, -0.25) is 0 Å². The van der Waals surface area contributed by atoms with Crippen LogP contribution in [0.15, 0.2) is 17.0 Å². The Hall–Kier alpha value is -0.780. The molecule has 6 heteroatoms. The van der Waals surface area contributed by atoms with Gasteiger partial charge in [0.05, 0.1) is 4.90 Å². The zero-order valence-corrected chi connectivity index (χ0v) is 17.1. The maximum absolute atomic E-state index is 14.1. The molecule has 0 atom stereocenters. The van der Waals surface area contributed by atoms with Crippen molar-refractivity contribution in [2.75, 3.05) is 0 Å². The number of halogens is 5. The summed E-state index contributed by atoms with van der Waals surface area (Å²) in [5, 5.41) is 0. The zero-order chi connectivity index (χ0) is 20.3. The summed E-state index contributed by atoms with van der Waals surface area (Å²) in [6.07, 6.45) is 11.7. The Bertz CT molecular complexity index is 618. The minimum Gasteiger partial charge on any atom is -0.206 e. The Labute approximate surface area is 168 Å². The molecule has 0 bridgehead atoms. The van der Waals surface area contributed by atoms with Crippen LogP contribution < -0.4 is 0 Å². The van der Waals surface area contributed by atoms with Gasteiger partial charge in [-0.05, 0) is 91.7 Å². The monoisotopic (exact) mass is 420 g/mol. The fourth-order valence-electron chi connectivity index (χ4n) is 5.31. The first-order valence-electron chi connectivity index (χ1n) is 10.5. The third kappa shape index (κ3) is 5.64. The predicted octanol–water partition coefficient (Wildman–Crippen LogP) is 8.46. The normalized spacial score (nSPS) is 29.1. The third-order valence-electron chi connectivity index (χ3n) is 6.74. The number of hydrogen-bond acceptors (Lipinski definition) is 1. The maximum atomic E-state index is 14.1. The number of rotatable bonds is 5. The molecule has 0 nitrogen and oxygen atoms in total. The molecule has 2 aliphatic rings. The quantitative estimate of drug-likeness (QED) is 0.340. The molecule has 0 aliphatic heterocycles. The van der Waals surface area contributed by atoms with Crippen molar-refractivity contribution in [1.29, 1.82) is 0 Å². The standard InChI is InChI=1S/C22H29F5S/c1-2-3-14-4-6-15(7-5-14)16-8-10-17(11-9-16)18-12-19(23)21(20(24)13-18)28-22(25,26)27/h12-17H,2-11H2,1H3. The minimum atomic E-state index is -4.70. The lowest BCUT2D eigenvalue weighted by molar-refractivity contribution is -0.0330. The molecule has 158 valence electrons. The van der Waals surface area contributed by atoms with E-state index in [4.69, 9.17) is 0 Å². The van der Waals surface area contributed by atoms with Crippen molar-refractivity contribution >= 4 is 11.8 Å². The second-order valence-electron chi connectivity index (χ2n) is 8.54. The van der Waals surface area contributed by atoms with Gasteiger partial charge in [0.2, 0.25) is 0 Å². The van der Waals surface area contributed by atoms with Crippen LogP contribution in [0.5, 0.6) is 0 Å². The molecular weight excluding hydrogens is 391 g/mol. The zero-order valence-electron chi connectivity index (χ0n) is 16.3. The molecule has 0 N–H and O–H groups in total. The van der Waals surface area contributed by atoms with E-state index >= 15 is 0 Å². The third-order valence-corrected chi connectivity index (χ3v) is 7.56. The first kappa shape index (κ1) is 21.9. The van der Waals surface area contributed by atoms with Crippen LogP contribution in [0, 0.1) is 29.4 Å². The van der Waals surface area contributed by atoms with Crippen LogP contribution in [0.3, 0.4) is 0 Å². The summed E-state index contributed by atoms with van der Waals surface area (Å²) in [6, 6.07) is 2.22. The number of alkyl halides is 3. The molecular formula is C22H29F5S. The molecule has 0 unspecified atom stereocenters. The first-order chi connectivity index (χ1) is 13.3. The number of benzene rings is 1. The fraction of sp³-hybridized carbons (Fsp3) is 0.727. The summed E-state index contributed by atoms with van der Waals surface area (Å²) < 4.78 is 65.6. The van der Waals surface area contributed by atoms with E-state index in [-0.39, 0.29) is 5.92 Å². The molecule has 1 aromatic carbocycles. The SMILES string of the molecule is CCCC1CCC(C2CCC(c3cc(F)c(SC(F)(F)F)c(F)c3)CC2)CC1. The van der Waals surface area contributed by atoms with Crippen LogP contribution in [0.25, 0.3) is 0 Å². The van der Waals surface area contributed by atoms with Gasteiger partial charge in [-0.1, -0.05) is 32.6 Å². The van der Waals surface area contributed by atoms with Crippen LogP contribution in [0.1, 0.15) is 82.6 Å². The van der Waals surface area contributed by atoms with Crippen LogP contribution in [-0.2, 0) is 0 Å². The molecule has 2 aliphatic carbocycles. The van der Waals surface area contributed by atoms with E-state index in [0.29, 0.717) is 11.5 Å². The van der Waals surface area contributed by atoms with Crippen molar-refractivity contribution in [2.45, 2.75) is 87.5 Å². The van der Waals surface area contributed by atoms with E-state index in [9.17, 15) is 22.0 Å². The molecule has 0 heterocycles. The highest BCUT2D eigenvalue weighted by molar-refractivity contribution is 8.00. The average Bonchev–Trinajstić information content (AvgIpc) is 2.65. The largest absolute Gasteiger partial charge is 0.446 e. The lowest BCUT2D eigenvalue weighted by atomic mass is 9.68. The topological polar surface area (TPSA) is 0 Å². The van der Waals surface area contributed by atoms with Crippen molar-refractivity contribution in [1.82, 2.24) is 0 Å². The van der Waals surface area contributed by atoms with Gasteiger partial charge in [0.15, 0.2) is 0 Å². The second kappa shape index (κ2) is 9.36. The number of thioether (sulfide) groups is 1. The molecule has 1 aromatic rings. The molecule has 2 saturated carbocycles. The van der Waals surface area contributed by atoms with E-state index in [2.05, 4.69) is 6.92 Å². The summed E-state index contributed by atoms with van der Waals surface area (Å²) in [5.74, 6) is 0.183. The van der Waals surface area contributed by atoms with E-state index in [0.717, 1.165) is 49.7 Å². The van der Waals surface area contributed by atoms with Gasteiger partial charge in [-0.25, -0.2) is 8.78 Å². The summed E-state index contributed by atoms with van der Waals surface area (Å²) in [5.41, 5.74) is -4.19. The van der Waals surface area contributed by atoms with Crippen molar-refractivity contribution in [3.8, 4) is 0 Å². The summed E-state index contributed by atoms with van der Waals surface area (Å²) >= 11 is -0.718. The molecule has 3 rings (SSSR count). The smallest absolute Gasteiger partial charge is 0.206 e. The van der Waals surface area contributed by atoms with Crippen LogP contribution in [0.2, 0.25) is 0 Å². The molecule has 0 saturated heterocycles. The highest BCUT2D eigenvalue weighted by Crippen LogP contribution is 2.46. The van der Waals surface area contributed by atoms with Crippen LogP contribution >= 0.6 is 11.8 Å². The van der Waals surface area contributed by atoms with E-state index in [1.165, 1.54) is 38.5 Å². The van der Waals surface area contributed by atoms with Crippen molar-refractivity contribution < 1.29 is 22.0 Å². The lowest BCUT2D eigenvalue weighted by Gasteiger charge is -2.38. The van der Waals surface area contributed by atoms with Crippen LogP contribution in [0.4, 0.5) is 22.0 Å². The maximum Gasteiger partial charge on any atom is 0.446 e. The van der Waals surface area contributed by atoms with Gasteiger partial charge in [0.1, 0.15) is 11.6 Å². The molecule has 28 heavy (non-hydrogen) atoms. The summed E-state index contributed by atoms with van der Waals surface area (Å²) in [6.45, 7) is 2.24. The van der Waals surface area contributed by atoms with E-state index in [1.807, 2.05) is 0 Å².